The second-order valence-electron chi connectivity index (χ2n) is 5.76. The van der Waals surface area contributed by atoms with Crippen molar-refractivity contribution in [3.63, 3.8) is 0 Å². The number of esters is 1. The molecule has 1 aromatic heterocycles. The van der Waals surface area contributed by atoms with Crippen LogP contribution in [0.1, 0.15) is 6.42 Å². The molecular formula is C19H20N2O4. The second kappa shape index (κ2) is 7.36. The van der Waals surface area contributed by atoms with Crippen LogP contribution in [-0.2, 0) is 20.9 Å². The lowest BCUT2D eigenvalue weighted by molar-refractivity contribution is -0.146. The highest BCUT2D eigenvalue weighted by Gasteiger charge is 2.20. The predicted molar refractivity (Wildman–Crippen MR) is 95.1 cm³/mol. The Labute approximate surface area is 145 Å². The summed E-state index contributed by atoms with van der Waals surface area (Å²) in [5.41, 5.74) is 2.12. The van der Waals surface area contributed by atoms with Crippen LogP contribution in [0, 0.1) is 0 Å². The lowest BCUT2D eigenvalue weighted by Crippen LogP contribution is -2.44. The molecule has 0 aliphatic carbocycles. The average Bonchev–Trinajstić information content (AvgIpc) is 2.98. The quantitative estimate of drug-likeness (QED) is 0.671. The molecule has 6 nitrogen and oxygen atoms in total. The number of aromatic nitrogens is 1. The molecule has 0 aliphatic heterocycles. The number of carbonyl (C=O) groups excluding carboxylic acids is 2. The van der Waals surface area contributed by atoms with Crippen molar-refractivity contribution in [2.75, 3.05) is 13.7 Å². The number of aliphatic hydroxyl groups excluding tert-OH is 1. The number of benzene rings is 2. The van der Waals surface area contributed by atoms with Crippen molar-refractivity contribution < 1.29 is 19.4 Å². The van der Waals surface area contributed by atoms with Crippen molar-refractivity contribution >= 4 is 33.7 Å². The maximum atomic E-state index is 12.2. The van der Waals surface area contributed by atoms with Crippen molar-refractivity contribution in [3.8, 4) is 0 Å². The Hall–Kier alpha value is -2.86. The lowest BCUT2D eigenvalue weighted by Gasteiger charge is -2.14. The van der Waals surface area contributed by atoms with E-state index in [9.17, 15) is 14.7 Å². The number of nitrogens with zero attached hydrogens (tertiary/aromatic N) is 1. The molecule has 2 N–H and O–H groups in total. The van der Waals surface area contributed by atoms with Crippen LogP contribution in [0.3, 0.4) is 0 Å². The summed E-state index contributed by atoms with van der Waals surface area (Å²) in [6.07, 6.45) is 0.191. The van der Waals surface area contributed by atoms with Crippen molar-refractivity contribution in [1.82, 2.24) is 9.88 Å². The van der Waals surface area contributed by atoms with E-state index < -0.39 is 18.6 Å². The zero-order valence-corrected chi connectivity index (χ0v) is 13.9. The minimum atomic E-state index is -1.03. The van der Waals surface area contributed by atoms with Crippen LogP contribution < -0.4 is 5.32 Å². The van der Waals surface area contributed by atoms with Crippen molar-refractivity contribution in [3.05, 3.63) is 48.5 Å². The van der Waals surface area contributed by atoms with Crippen LogP contribution in [0.15, 0.2) is 48.5 Å². The van der Waals surface area contributed by atoms with E-state index in [-0.39, 0.29) is 12.3 Å². The molecule has 0 saturated heterocycles. The van der Waals surface area contributed by atoms with Gasteiger partial charge in [-0.3, -0.25) is 4.79 Å². The van der Waals surface area contributed by atoms with Gasteiger partial charge < -0.3 is 19.7 Å². The predicted octanol–water partition coefficient (Wildman–Crippen LogP) is 1.83. The largest absolute Gasteiger partial charge is 0.467 e. The van der Waals surface area contributed by atoms with E-state index in [0.717, 1.165) is 21.8 Å². The molecule has 1 amide bonds. The van der Waals surface area contributed by atoms with Gasteiger partial charge in [0.25, 0.3) is 0 Å². The molecular weight excluding hydrogens is 320 g/mol. The first kappa shape index (κ1) is 17.0. The van der Waals surface area contributed by atoms with Crippen LogP contribution in [0.25, 0.3) is 21.8 Å². The molecule has 130 valence electrons. The third-order valence-corrected chi connectivity index (χ3v) is 4.25. The summed E-state index contributed by atoms with van der Waals surface area (Å²) in [5, 5.41) is 14.0. The van der Waals surface area contributed by atoms with E-state index in [1.807, 2.05) is 36.4 Å². The van der Waals surface area contributed by atoms with Gasteiger partial charge in [-0.2, -0.15) is 0 Å². The summed E-state index contributed by atoms with van der Waals surface area (Å²) in [6.45, 7) is -0.0209. The van der Waals surface area contributed by atoms with Gasteiger partial charge in [0.1, 0.15) is 0 Å². The Morgan fingerprint density at radius 2 is 1.64 bits per heavy atom. The maximum absolute atomic E-state index is 12.2. The number of fused-ring (bicyclic) bond motifs is 3. The zero-order valence-electron chi connectivity index (χ0n) is 13.9. The number of hydrogen-bond acceptors (Lipinski definition) is 4. The Balaban J connectivity index is 1.81. The highest BCUT2D eigenvalue weighted by Crippen LogP contribution is 2.28. The first-order valence-electron chi connectivity index (χ1n) is 8.09. The topological polar surface area (TPSA) is 80.6 Å². The molecule has 0 saturated carbocycles. The van der Waals surface area contributed by atoms with E-state index in [0.29, 0.717) is 6.54 Å². The molecule has 1 atom stereocenters. The number of para-hydroxylation sites is 2. The fourth-order valence-electron chi connectivity index (χ4n) is 3.05. The molecule has 25 heavy (non-hydrogen) atoms. The zero-order chi connectivity index (χ0) is 17.8. The van der Waals surface area contributed by atoms with Gasteiger partial charge in [0.2, 0.25) is 5.91 Å². The standard InChI is InChI=1S/C19H20N2O4/c1-25-19(24)15(12-22)20-18(23)10-11-21-16-8-4-2-6-13(16)14-7-3-5-9-17(14)21/h2-9,15,22H,10-12H2,1H3,(H,20,23)/t15-/m0/s1. The van der Waals surface area contributed by atoms with E-state index in [1.54, 1.807) is 0 Å². The first-order valence-corrected chi connectivity index (χ1v) is 8.09. The molecule has 0 spiro atoms. The summed E-state index contributed by atoms with van der Waals surface area (Å²) in [5.74, 6) is -0.973. The highest BCUT2D eigenvalue weighted by molar-refractivity contribution is 6.08. The van der Waals surface area contributed by atoms with Gasteiger partial charge in [0.05, 0.1) is 13.7 Å². The molecule has 1 heterocycles. The Morgan fingerprint density at radius 1 is 1.08 bits per heavy atom. The number of carbonyl (C=O) groups is 2. The highest BCUT2D eigenvalue weighted by atomic mass is 16.5. The summed E-state index contributed by atoms with van der Waals surface area (Å²) in [6, 6.07) is 15.1. The minimum absolute atomic E-state index is 0.191. The molecule has 0 aliphatic rings. The fourth-order valence-corrected chi connectivity index (χ4v) is 3.05. The van der Waals surface area contributed by atoms with Crippen LogP contribution in [-0.4, -0.2) is 41.3 Å². The van der Waals surface area contributed by atoms with Gasteiger partial charge in [-0.25, -0.2) is 4.79 Å². The maximum Gasteiger partial charge on any atom is 0.330 e. The molecule has 0 bridgehead atoms. The number of rotatable bonds is 6. The van der Waals surface area contributed by atoms with Crippen molar-refractivity contribution in [2.24, 2.45) is 0 Å². The van der Waals surface area contributed by atoms with Crippen LogP contribution in [0.5, 0.6) is 0 Å². The van der Waals surface area contributed by atoms with Crippen LogP contribution >= 0.6 is 0 Å². The Bertz CT molecular complexity index is 863. The third-order valence-electron chi connectivity index (χ3n) is 4.25. The molecule has 0 radical (unpaired) electrons. The molecule has 3 rings (SSSR count). The van der Waals surface area contributed by atoms with Crippen LogP contribution in [0.2, 0.25) is 0 Å². The summed E-state index contributed by atoms with van der Waals surface area (Å²) < 4.78 is 6.64. The molecule has 0 fully saturated rings. The van der Waals surface area contributed by atoms with E-state index in [1.165, 1.54) is 7.11 Å². The van der Waals surface area contributed by atoms with Crippen molar-refractivity contribution in [2.45, 2.75) is 19.0 Å². The molecule has 2 aromatic carbocycles. The van der Waals surface area contributed by atoms with Crippen molar-refractivity contribution in [1.29, 1.82) is 0 Å². The van der Waals surface area contributed by atoms with E-state index in [2.05, 4.69) is 26.8 Å². The normalized spacial score (nSPS) is 12.2. The number of hydrogen-bond donors (Lipinski definition) is 2. The number of aliphatic hydroxyl groups is 1. The summed E-state index contributed by atoms with van der Waals surface area (Å²) in [7, 11) is 1.22. The monoisotopic (exact) mass is 340 g/mol. The number of nitrogens with one attached hydrogen (secondary N) is 1. The fraction of sp³-hybridized carbons (Fsp3) is 0.263. The smallest absolute Gasteiger partial charge is 0.330 e. The molecule has 3 aromatic rings. The SMILES string of the molecule is COC(=O)[C@H](CO)NC(=O)CCn1c2ccccc2c2ccccc21. The summed E-state index contributed by atoms with van der Waals surface area (Å²) in [4.78, 5) is 23.6. The summed E-state index contributed by atoms with van der Waals surface area (Å²) >= 11 is 0. The van der Waals surface area contributed by atoms with Gasteiger partial charge in [-0.15, -0.1) is 0 Å². The minimum Gasteiger partial charge on any atom is -0.467 e. The van der Waals surface area contributed by atoms with Gasteiger partial charge in [0.15, 0.2) is 6.04 Å². The van der Waals surface area contributed by atoms with Gasteiger partial charge >= 0.3 is 5.97 Å². The Morgan fingerprint density at radius 3 is 2.16 bits per heavy atom. The van der Waals surface area contributed by atoms with Crippen LogP contribution in [0.4, 0.5) is 0 Å². The van der Waals surface area contributed by atoms with Gasteiger partial charge in [0, 0.05) is 34.8 Å². The van der Waals surface area contributed by atoms with E-state index in [4.69, 9.17) is 0 Å². The van der Waals surface area contributed by atoms with E-state index >= 15 is 0 Å². The Kier molecular flexibility index (Phi) is 5.00. The second-order valence-corrected chi connectivity index (χ2v) is 5.76. The van der Waals surface area contributed by atoms with Gasteiger partial charge in [-0.05, 0) is 12.1 Å². The molecule has 6 heteroatoms. The third kappa shape index (κ3) is 3.34. The average molecular weight is 340 g/mol. The van der Waals surface area contributed by atoms with Gasteiger partial charge in [-0.1, -0.05) is 36.4 Å². The number of aryl methyl sites for hydroxylation is 1. The number of ether oxygens (including phenoxy) is 1. The lowest BCUT2D eigenvalue weighted by atomic mass is 10.2. The molecule has 0 unspecified atom stereocenters. The number of amides is 1. The number of methoxy groups -OCH3 is 1. The first-order chi connectivity index (χ1) is 12.2.